The number of carbonyl (C=O) groups excluding carboxylic acids is 3. The molecule has 3 rings (SSSR count). The Balaban J connectivity index is 1.72. The number of hydrogen-bond donors (Lipinski definition) is 4. The number of rotatable bonds is 6. The van der Waals surface area contributed by atoms with Gasteiger partial charge in [0, 0.05) is 13.0 Å². The number of benzene rings is 1. The Bertz CT molecular complexity index is 1050. The standard InChI is InChI=1S/C24H33N5O4S/c1-13(15-6-8-16(9-7-15)19-14(2)26-12-34-19)27-21(31)18-10-17(30)11-29(18)22(32)20(24(3,4)5)28-23(25)33/h6-9,12-13,17-18,20,30H,10-11H2,1-5H3,(H,27,31)(H3,25,28,33)/t13-,17+,18-,20+/m0/s1. The third-order valence-electron chi connectivity index (χ3n) is 6.04. The summed E-state index contributed by atoms with van der Waals surface area (Å²) < 4.78 is 0. The van der Waals surface area contributed by atoms with Crippen molar-refractivity contribution in [2.24, 2.45) is 11.1 Å². The van der Waals surface area contributed by atoms with Crippen molar-refractivity contribution in [3.63, 3.8) is 0 Å². The van der Waals surface area contributed by atoms with E-state index in [4.69, 9.17) is 5.73 Å². The van der Waals surface area contributed by atoms with Crippen molar-refractivity contribution in [3.05, 3.63) is 41.0 Å². The molecule has 1 aliphatic heterocycles. The van der Waals surface area contributed by atoms with Gasteiger partial charge in [0.15, 0.2) is 0 Å². The lowest BCUT2D eigenvalue weighted by Gasteiger charge is -2.35. The van der Waals surface area contributed by atoms with Crippen LogP contribution in [0.15, 0.2) is 29.8 Å². The van der Waals surface area contributed by atoms with Crippen molar-refractivity contribution < 1.29 is 19.5 Å². The van der Waals surface area contributed by atoms with E-state index in [2.05, 4.69) is 15.6 Å². The summed E-state index contributed by atoms with van der Waals surface area (Å²) in [5.41, 5.74) is 9.41. The Morgan fingerprint density at radius 2 is 1.85 bits per heavy atom. The molecule has 10 heteroatoms. The molecule has 0 unspecified atom stereocenters. The number of aliphatic hydroxyl groups is 1. The molecule has 1 fully saturated rings. The lowest BCUT2D eigenvalue weighted by atomic mass is 9.85. The molecule has 4 atom stereocenters. The minimum absolute atomic E-state index is 0.0151. The summed E-state index contributed by atoms with van der Waals surface area (Å²) in [5.74, 6) is -0.800. The van der Waals surface area contributed by atoms with Crippen LogP contribution in [0.5, 0.6) is 0 Å². The predicted molar refractivity (Wildman–Crippen MR) is 131 cm³/mol. The van der Waals surface area contributed by atoms with E-state index in [-0.39, 0.29) is 24.9 Å². The maximum absolute atomic E-state index is 13.3. The van der Waals surface area contributed by atoms with Crippen molar-refractivity contribution in [1.82, 2.24) is 20.5 Å². The Morgan fingerprint density at radius 3 is 2.38 bits per heavy atom. The first-order chi connectivity index (χ1) is 15.9. The monoisotopic (exact) mass is 487 g/mol. The fourth-order valence-corrected chi connectivity index (χ4v) is 4.97. The topological polar surface area (TPSA) is 138 Å². The van der Waals surface area contributed by atoms with Crippen LogP contribution >= 0.6 is 11.3 Å². The van der Waals surface area contributed by atoms with E-state index in [9.17, 15) is 19.5 Å². The van der Waals surface area contributed by atoms with E-state index in [0.29, 0.717) is 0 Å². The van der Waals surface area contributed by atoms with Crippen LogP contribution < -0.4 is 16.4 Å². The second kappa shape index (κ2) is 10.1. The van der Waals surface area contributed by atoms with Gasteiger partial charge >= 0.3 is 6.03 Å². The van der Waals surface area contributed by atoms with E-state index < -0.39 is 35.5 Å². The average molecular weight is 488 g/mol. The molecule has 9 nitrogen and oxygen atoms in total. The molecule has 4 amide bonds. The van der Waals surface area contributed by atoms with Crippen molar-refractivity contribution in [2.75, 3.05) is 6.54 Å². The predicted octanol–water partition coefficient (Wildman–Crippen LogP) is 2.34. The van der Waals surface area contributed by atoms with Gasteiger partial charge in [-0.3, -0.25) is 9.59 Å². The van der Waals surface area contributed by atoms with Crippen molar-refractivity contribution in [2.45, 2.75) is 65.3 Å². The summed E-state index contributed by atoms with van der Waals surface area (Å²) in [7, 11) is 0. The zero-order chi connectivity index (χ0) is 25.2. The normalized spacial score (nSPS) is 20.0. The molecule has 0 bridgehead atoms. The Labute approximate surface area is 203 Å². The SMILES string of the molecule is Cc1ncsc1-c1ccc([C@H](C)NC(=O)[C@@H]2C[C@@H](O)CN2C(=O)[C@@H](NC(N)=O)C(C)(C)C)cc1. The van der Waals surface area contributed by atoms with Gasteiger partial charge in [-0.15, -0.1) is 11.3 Å². The highest BCUT2D eigenvalue weighted by Crippen LogP contribution is 2.29. The first kappa shape index (κ1) is 25.6. The number of primary amides is 1. The summed E-state index contributed by atoms with van der Waals surface area (Å²) in [6.07, 6.45) is -0.701. The first-order valence-electron chi connectivity index (χ1n) is 11.2. The van der Waals surface area contributed by atoms with Gasteiger partial charge in [0.1, 0.15) is 12.1 Å². The maximum atomic E-state index is 13.3. The van der Waals surface area contributed by atoms with Crippen LogP contribution in [0.25, 0.3) is 10.4 Å². The number of carbonyl (C=O) groups is 3. The average Bonchev–Trinajstić information content (AvgIpc) is 3.36. The van der Waals surface area contributed by atoms with Crippen LogP contribution in [0.2, 0.25) is 0 Å². The number of aromatic nitrogens is 1. The second-order valence-corrected chi connectivity index (χ2v) is 10.7. The molecule has 0 saturated carbocycles. The quantitative estimate of drug-likeness (QED) is 0.496. The van der Waals surface area contributed by atoms with Crippen molar-refractivity contribution in [3.8, 4) is 10.4 Å². The van der Waals surface area contributed by atoms with Crippen LogP contribution in [0.1, 0.15) is 51.4 Å². The molecule has 34 heavy (non-hydrogen) atoms. The molecule has 184 valence electrons. The third-order valence-corrected chi connectivity index (χ3v) is 7.02. The maximum Gasteiger partial charge on any atom is 0.312 e. The zero-order valence-corrected chi connectivity index (χ0v) is 21.0. The Kier molecular flexibility index (Phi) is 7.62. The van der Waals surface area contributed by atoms with Crippen LogP contribution in [0.4, 0.5) is 4.79 Å². The highest BCUT2D eigenvalue weighted by Gasteiger charge is 2.44. The van der Waals surface area contributed by atoms with Crippen LogP contribution in [-0.4, -0.2) is 57.6 Å². The summed E-state index contributed by atoms with van der Waals surface area (Å²) in [5, 5.41) is 15.7. The van der Waals surface area contributed by atoms with Gasteiger partial charge in [0.05, 0.1) is 28.2 Å². The summed E-state index contributed by atoms with van der Waals surface area (Å²) in [6, 6.07) is 5.01. The molecule has 1 aromatic heterocycles. The molecule has 0 radical (unpaired) electrons. The van der Waals surface area contributed by atoms with Gasteiger partial charge in [-0.25, -0.2) is 9.78 Å². The number of hydrogen-bond acceptors (Lipinski definition) is 6. The van der Waals surface area contributed by atoms with E-state index in [0.717, 1.165) is 21.7 Å². The molecule has 0 aliphatic carbocycles. The molecule has 0 spiro atoms. The van der Waals surface area contributed by atoms with Gasteiger partial charge in [0.25, 0.3) is 0 Å². The molecule has 2 aromatic rings. The van der Waals surface area contributed by atoms with E-state index in [1.807, 2.05) is 43.6 Å². The molecular formula is C24H33N5O4S. The van der Waals surface area contributed by atoms with Gasteiger partial charge in [0.2, 0.25) is 11.8 Å². The number of thiazole rings is 1. The van der Waals surface area contributed by atoms with Crippen LogP contribution in [0.3, 0.4) is 0 Å². The van der Waals surface area contributed by atoms with E-state index in [1.165, 1.54) is 4.90 Å². The second-order valence-electron chi connectivity index (χ2n) is 9.82. The molecule has 1 aromatic carbocycles. The number of aliphatic hydroxyl groups excluding tert-OH is 1. The minimum Gasteiger partial charge on any atom is -0.391 e. The van der Waals surface area contributed by atoms with Gasteiger partial charge in [-0.2, -0.15) is 0 Å². The highest BCUT2D eigenvalue weighted by atomic mass is 32.1. The molecular weight excluding hydrogens is 454 g/mol. The summed E-state index contributed by atoms with van der Waals surface area (Å²) in [6.45, 7) is 9.25. The highest BCUT2D eigenvalue weighted by molar-refractivity contribution is 7.13. The van der Waals surface area contributed by atoms with Crippen LogP contribution in [-0.2, 0) is 9.59 Å². The number of aryl methyl sites for hydroxylation is 1. The lowest BCUT2D eigenvalue weighted by molar-refractivity contribution is -0.142. The van der Waals surface area contributed by atoms with E-state index >= 15 is 0 Å². The zero-order valence-electron chi connectivity index (χ0n) is 20.2. The number of nitrogens with one attached hydrogen (secondary N) is 2. The smallest absolute Gasteiger partial charge is 0.312 e. The number of likely N-dealkylation sites (tertiary alicyclic amines) is 1. The van der Waals surface area contributed by atoms with Gasteiger partial charge in [-0.1, -0.05) is 45.0 Å². The Morgan fingerprint density at radius 1 is 1.21 bits per heavy atom. The van der Waals surface area contributed by atoms with Crippen LogP contribution in [0, 0.1) is 12.3 Å². The van der Waals surface area contributed by atoms with Crippen molar-refractivity contribution >= 4 is 29.2 Å². The number of amides is 4. The fourth-order valence-electron chi connectivity index (χ4n) is 4.16. The third kappa shape index (κ3) is 5.74. The van der Waals surface area contributed by atoms with Gasteiger partial charge in [-0.05, 0) is 30.4 Å². The molecule has 1 aliphatic rings. The Hall–Kier alpha value is -2.98. The lowest BCUT2D eigenvalue weighted by Crippen LogP contribution is -2.58. The number of urea groups is 1. The minimum atomic E-state index is -0.925. The van der Waals surface area contributed by atoms with E-state index in [1.54, 1.807) is 32.1 Å². The number of β-amino-alcohol motifs (C(OH)–C–C–N with tert-alkyl or cyclic N) is 1. The fraction of sp³-hybridized carbons (Fsp3) is 0.500. The van der Waals surface area contributed by atoms with Gasteiger partial charge < -0.3 is 26.4 Å². The molecule has 5 N–H and O–H groups in total. The van der Waals surface area contributed by atoms with Crippen molar-refractivity contribution in [1.29, 1.82) is 0 Å². The largest absolute Gasteiger partial charge is 0.391 e. The number of nitrogens with zero attached hydrogens (tertiary/aromatic N) is 2. The molecule has 1 saturated heterocycles. The summed E-state index contributed by atoms with van der Waals surface area (Å²) >= 11 is 1.58. The summed E-state index contributed by atoms with van der Waals surface area (Å²) in [4.78, 5) is 44.6. The molecule has 2 heterocycles. The first-order valence-corrected chi connectivity index (χ1v) is 12.1. The number of nitrogens with two attached hydrogens (primary N) is 1.